The Morgan fingerprint density at radius 1 is 1.35 bits per heavy atom. The van der Waals surface area contributed by atoms with E-state index >= 15 is 0 Å². The van der Waals surface area contributed by atoms with E-state index in [9.17, 15) is 4.79 Å². The SMILES string of the molecule is NCCC(=O)Nc1ccc2nc(-c3ccco3)cn2c1. The quantitative estimate of drug-likeness (QED) is 0.758. The molecular weight excluding hydrogens is 256 g/mol. The van der Waals surface area contributed by atoms with Crippen molar-refractivity contribution in [1.29, 1.82) is 0 Å². The van der Waals surface area contributed by atoms with E-state index in [0.717, 1.165) is 11.3 Å². The predicted octanol–water partition coefficient (Wildman–Crippen LogP) is 1.88. The molecule has 0 unspecified atom stereocenters. The summed E-state index contributed by atoms with van der Waals surface area (Å²) in [7, 11) is 0. The number of carbonyl (C=O) groups is 1. The molecule has 3 aromatic heterocycles. The lowest BCUT2D eigenvalue weighted by Crippen LogP contribution is -2.16. The molecule has 0 aliphatic carbocycles. The van der Waals surface area contributed by atoms with E-state index in [4.69, 9.17) is 10.2 Å². The fourth-order valence-electron chi connectivity index (χ4n) is 1.96. The van der Waals surface area contributed by atoms with Crippen molar-refractivity contribution >= 4 is 17.2 Å². The lowest BCUT2D eigenvalue weighted by Gasteiger charge is -2.04. The van der Waals surface area contributed by atoms with Gasteiger partial charge in [0.1, 0.15) is 11.3 Å². The van der Waals surface area contributed by atoms with Crippen molar-refractivity contribution < 1.29 is 9.21 Å². The molecule has 0 spiro atoms. The predicted molar refractivity (Wildman–Crippen MR) is 75.2 cm³/mol. The van der Waals surface area contributed by atoms with Crippen molar-refractivity contribution in [3.8, 4) is 11.5 Å². The first kappa shape index (κ1) is 12.4. The van der Waals surface area contributed by atoms with Gasteiger partial charge in [-0.3, -0.25) is 4.79 Å². The van der Waals surface area contributed by atoms with Gasteiger partial charge in [0, 0.05) is 25.4 Å². The third kappa shape index (κ3) is 2.41. The van der Waals surface area contributed by atoms with Crippen molar-refractivity contribution in [2.45, 2.75) is 6.42 Å². The Bertz CT molecular complexity index is 731. The number of imidazole rings is 1. The molecule has 20 heavy (non-hydrogen) atoms. The highest BCUT2D eigenvalue weighted by atomic mass is 16.3. The monoisotopic (exact) mass is 270 g/mol. The van der Waals surface area contributed by atoms with Gasteiger partial charge in [-0.15, -0.1) is 0 Å². The molecule has 3 heterocycles. The summed E-state index contributed by atoms with van der Waals surface area (Å²) in [5.41, 5.74) is 7.59. The summed E-state index contributed by atoms with van der Waals surface area (Å²) < 4.78 is 7.16. The smallest absolute Gasteiger partial charge is 0.225 e. The van der Waals surface area contributed by atoms with Crippen LogP contribution in [0.5, 0.6) is 0 Å². The van der Waals surface area contributed by atoms with E-state index in [2.05, 4.69) is 10.3 Å². The maximum atomic E-state index is 11.5. The molecular formula is C14H14N4O2. The van der Waals surface area contributed by atoms with E-state index in [-0.39, 0.29) is 5.91 Å². The maximum absolute atomic E-state index is 11.5. The summed E-state index contributed by atoms with van der Waals surface area (Å²) in [5, 5.41) is 2.79. The molecule has 0 fully saturated rings. The van der Waals surface area contributed by atoms with Gasteiger partial charge in [0.2, 0.25) is 5.91 Å². The van der Waals surface area contributed by atoms with E-state index < -0.39 is 0 Å². The van der Waals surface area contributed by atoms with E-state index in [0.29, 0.717) is 24.4 Å². The lowest BCUT2D eigenvalue weighted by molar-refractivity contribution is -0.116. The van der Waals surface area contributed by atoms with E-state index in [1.54, 1.807) is 6.26 Å². The van der Waals surface area contributed by atoms with Crippen LogP contribution in [0.1, 0.15) is 6.42 Å². The standard InChI is InChI=1S/C14H14N4O2/c15-6-5-14(19)16-10-3-4-13-17-11(9-18(13)8-10)12-2-1-7-20-12/h1-4,7-9H,5-6,15H2,(H,16,19). The first-order chi connectivity index (χ1) is 9.76. The van der Waals surface area contributed by atoms with Gasteiger partial charge in [0.05, 0.1) is 12.0 Å². The number of amides is 1. The zero-order chi connectivity index (χ0) is 13.9. The Morgan fingerprint density at radius 3 is 3.00 bits per heavy atom. The molecule has 3 aromatic rings. The van der Waals surface area contributed by atoms with Crippen LogP contribution in [0, 0.1) is 0 Å². The van der Waals surface area contributed by atoms with Crippen molar-refractivity contribution in [3.05, 3.63) is 42.9 Å². The van der Waals surface area contributed by atoms with Crippen molar-refractivity contribution in [1.82, 2.24) is 9.38 Å². The van der Waals surface area contributed by atoms with Gasteiger partial charge in [-0.05, 0) is 24.3 Å². The van der Waals surface area contributed by atoms with Gasteiger partial charge in [0.25, 0.3) is 0 Å². The Balaban J connectivity index is 1.89. The van der Waals surface area contributed by atoms with Crippen LogP contribution < -0.4 is 11.1 Å². The van der Waals surface area contributed by atoms with Crippen molar-refractivity contribution in [3.63, 3.8) is 0 Å². The summed E-state index contributed by atoms with van der Waals surface area (Å²) >= 11 is 0. The number of aromatic nitrogens is 2. The van der Waals surface area contributed by atoms with Crippen LogP contribution in [-0.4, -0.2) is 21.8 Å². The molecule has 0 atom stereocenters. The summed E-state index contributed by atoms with van der Waals surface area (Å²) in [5.74, 6) is 0.612. The molecule has 3 rings (SSSR count). The largest absolute Gasteiger partial charge is 0.463 e. The van der Waals surface area contributed by atoms with Crippen LogP contribution in [-0.2, 0) is 4.79 Å². The number of carbonyl (C=O) groups excluding carboxylic acids is 1. The molecule has 3 N–H and O–H groups in total. The van der Waals surface area contributed by atoms with Crippen LogP contribution in [0.2, 0.25) is 0 Å². The summed E-state index contributed by atoms with van der Waals surface area (Å²) in [6, 6.07) is 7.32. The average molecular weight is 270 g/mol. The second-order valence-corrected chi connectivity index (χ2v) is 4.37. The van der Waals surface area contributed by atoms with Crippen LogP contribution in [0.15, 0.2) is 47.3 Å². The fraction of sp³-hybridized carbons (Fsp3) is 0.143. The van der Waals surface area contributed by atoms with Gasteiger partial charge in [-0.1, -0.05) is 0 Å². The summed E-state index contributed by atoms with van der Waals surface area (Å²) in [6.45, 7) is 0.335. The minimum absolute atomic E-state index is 0.0989. The zero-order valence-electron chi connectivity index (χ0n) is 10.7. The Hall–Kier alpha value is -2.60. The van der Waals surface area contributed by atoms with E-state index in [1.807, 2.05) is 41.1 Å². The normalized spacial score (nSPS) is 10.8. The van der Waals surface area contributed by atoms with Gasteiger partial charge >= 0.3 is 0 Å². The van der Waals surface area contributed by atoms with Crippen molar-refractivity contribution in [2.75, 3.05) is 11.9 Å². The van der Waals surface area contributed by atoms with Crippen LogP contribution >= 0.6 is 0 Å². The van der Waals surface area contributed by atoms with Crippen molar-refractivity contribution in [2.24, 2.45) is 5.73 Å². The first-order valence-corrected chi connectivity index (χ1v) is 6.29. The first-order valence-electron chi connectivity index (χ1n) is 6.29. The molecule has 1 amide bonds. The molecule has 6 nitrogen and oxygen atoms in total. The number of pyridine rings is 1. The molecule has 0 saturated heterocycles. The summed E-state index contributed by atoms with van der Waals surface area (Å²) in [6.07, 6.45) is 5.58. The Kier molecular flexibility index (Phi) is 3.22. The van der Waals surface area contributed by atoms with Crippen LogP contribution in [0.3, 0.4) is 0 Å². The van der Waals surface area contributed by atoms with Gasteiger partial charge in [0.15, 0.2) is 5.76 Å². The second-order valence-electron chi connectivity index (χ2n) is 4.37. The molecule has 102 valence electrons. The maximum Gasteiger partial charge on any atom is 0.225 e. The number of anilines is 1. The molecule has 0 bridgehead atoms. The molecule has 0 saturated carbocycles. The lowest BCUT2D eigenvalue weighted by atomic mass is 10.3. The van der Waals surface area contributed by atoms with Crippen LogP contribution in [0.4, 0.5) is 5.69 Å². The minimum atomic E-state index is -0.0989. The van der Waals surface area contributed by atoms with Gasteiger partial charge in [-0.2, -0.15) is 0 Å². The number of furan rings is 1. The number of nitrogens with two attached hydrogens (primary N) is 1. The number of fused-ring (bicyclic) bond motifs is 1. The number of rotatable bonds is 4. The number of nitrogens with zero attached hydrogens (tertiary/aromatic N) is 2. The molecule has 0 aromatic carbocycles. The number of hydrogen-bond donors (Lipinski definition) is 2. The summed E-state index contributed by atoms with van der Waals surface area (Å²) in [4.78, 5) is 16.0. The highest BCUT2D eigenvalue weighted by Gasteiger charge is 2.07. The molecule has 6 heteroatoms. The zero-order valence-corrected chi connectivity index (χ0v) is 10.7. The minimum Gasteiger partial charge on any atom is -0.463 e. The third-order valence-corrected chi connectivity index (χ3v) is 2.88. The van der Waals surface area contributed by atoms with E-state index in [1.165, 1.54) is 0 Å². The highest BCUT2D eigenvalue weighted by molar-refractivity contribution is 5.90. The van der Waals surface area contributed by atoms with Gasteiger partial charge < -0.3 is 19.9 Å². The third-order valence-electron chi connectivity index (χ3n) is 2.88. The molecule has 0 radical (unpaired) electrons. The fourth-order valence-corrected chi connectivity index (χ4v) is 1.96. The topological polar surface area (TPSA) is 85.6 Å². The Morgan fingerprint density at radius 2 is 2.25 bits per heavy atom. The van der Waals surface area contributed by atoms with Gasteiger partial charge in [-0.25, -0.2) is 4.98 Å². The average Bonchev–Trinajstić information content (AvgIpc) is 3.07. The second kappa shape index (κ2) is 5.18. The number of hydrogen-bond acceptors (Lipinski definition) is 4. The molecule has 0 aliphatic rings. The van der Waals surface area contributed by atoms with Crippen LogP contribution in [0.25, 0.3) is 17.1 Å². The molecule has 0 aliphatic heterocycles. The Labute approximate surface area is 115 Å². The highest BCUT2D eigenvalue weighted by Crippen LogP contribution is 2.20. The number of nitrogens with one attached hydrogen (secondary N) is 1.